The zero-order valence-corrected chi connectivity index (χ0v) is 13.4. The van der Waals surface area contributed by atoms with Crippen LogP contribution in [-0.4, -0.2) is 31.9 Å². The molecule has 0 radical (unpaired) electrons. The summed E-state index contributed by atoms with van der Waals surface area (Å²) in [6.07, 6.45) is -5.39. The Bertz CT molecular complexity index is 703. The maximum Gasteiger partial charge on any atom is 0.573 e. The van der Waals surface area contributed by atoms with E-state index in [1.165, 1.54) is 0 Å². The van der Waals surface area contributed by atoms with Crippen LogP contribution in [0.3, 0.4) is 0 Å². The summed E-state index contributed by atoms with van der Waals surface area (Å²) in [5, 5.41) is 9.03. The Morgan fingerprint density at radius 2 is 1.92 bits per heavy atom. The van der Waals surface area contributed by atoms with Crippen molar-refractivity contribution in [1.82, 2.24) is 4.72 Å². The van der Waals surface area contributed by atoms with Crippen molar-refractivity contribution in [1.29, 1.82) is 0 Å². The minimum absolute atomic E-state index is 0.140. The number of carbonyl (C=O) groups is 1. The molecule has 0 aliphatic heterocycles. The van der Waals surface area contributed by atoms with Gasteiger partial charge >= 0.3 is 12.3 Å². The van der Waals surface area contributed by atoms with Gasteiger partial charge in [0.05, 0.1) is 0 Å². The van der Waals surface area contributed by atoms with Gasteiger partial charge < -0.3 is 9.84 Å². The summed E-state index contributed by atoms with van der Waals surface area (Å²) < 4.78 is 80.5. The lowest BCUT2D eigenvalue weighted by Gasteiger charge is -2.19. The second-order valence-electron chi connectivity index (χ2n) is 5.26. The van der Waals surface area contributed by atoms with Crippen molar-refractivity contribution in [3.8, 4) is 5.75 Å². The van der Waals surface area contributed by atoms with E-state index < -0.39 is 44.9 Å². The molecule has 11 heteroatoms. The number of carboxylic acid groups (broad SMARTS) is 1. The van der Waals surface area contributed by atoms with Gasteiger partial charge in [0.1, 0.15) is 11.9 Å². The van der Waals surface area contributed by atoms with E-state index in [1.807, 2.05) is 0 Å². The number of rotatable bonds is 7. The summed E-state index contributed by atoms with van der Waals surface area (Å²) in [6.45, 7) is 3.23. The number of nitrogens with one attached hydrogen (secondary N) is 1. The van der Waals surface area contributed by atoms with E-state index in [4.69, 9.17) is 5.11 Å². The molecule has 0 aliphatic rings. The number of ether oxygens (including phenoxy) is 1. The topological polar surface area (TPSA) is 92.7 Å². The van der Waals surface area contributed by atoms with Gasteiger partial charge in [-0.2, -0.15) is 4.72 Å². The van der Waals surface area contributed by atoms with Gasteiger partial charge in [-0.25, -0.2) is 12.8 Å². The monoisotopic (exact) mass is 373 g/mol. The zero-order chi connectivity index (χ0) is 18.7. The van der Waals surface area contributed by atoms with E-state index in [0.717, 1.165) is 6.07 Å². The fourth-order valence-corrected chi connectivity index (χ4v) is 3.26. The SMILES string of the molecule is CC(C)CC(NS(=O)(=O)c1c(F)cccc1OC(F)(F)F)C(=O)O. The van der Waals surface area contributed by atoms with Crippen LogP contribution in [0.15, 0.2) is 23.1 Å². The second kappa shape index (κ2) is 7.34. The third-order valence-corrected chi connectivity index (χ3v) is 4.26. The average Bonchev–Trinajstić information content (AvgIpc) is 2.34. The van der Waals surface area contributed by atoms with E-state index in [1.54, 1.807) is 18.6 Å². The smallest absolute Gasteiger partial charge is 0.480 e. The fraction of sp³-hybridized carbons (Fsp3) is 0.462. The Hall–Kier alpha value is -1.88. The summed E-state index contributed by atoms with van der Waals surface area (Å²) in [7, 11) is -4.91. The molecule has 0 spiro atoms. The minimum Gasteiger partial charge on any atom is -0.480 e. The van der Waals surface area contributed by atoms with Crippen molar-refractivity contribution in [2.45, 2.75) is 37.6 Å². The molecule has 0 fully saturated rings. The number of hydrogen-bond acceptors (Lipinski definition) is 4. The van der Waals surface area contributed by atoms with Gasteiger partial charge in [0.15, 0.2) is 10.6 Å². The predicted octanol–water partition coefficient (Wildman–Crippen LogP) is 2.50. The third-order valence-electron chi connectivity index (χ3n) is 2.73. The molecule has 1 rings (SSSR count). The van der Waals surface area contributed by atoms with Gasteiger partial charge in [-0.15, -0.1) is 13.2 Å². The van der Waals surface area contributed by atoms with E-state index >= 15 is 0 Å². The van der Waals surface area contributed by atoms with E-state index in [0.29, 0.717) is 12.1 Å². The number of carboxylic acids is 1. The Labute approximate surface area is 135 Å². The van der Waals surface area contributed by atoms with Gasteiger partial charge in [-0.05, 0) is 24.5 Å². The summed E-state index contributed by atoms with van der Waals surface area (Å²) >= 11 is 0. The molecule has 0 bridgehead atoms. The lowest BCUT2D eigenvalue weighted by atomic mass is 10.1. The largest absolute Gasteiger partial charge is 0.573 e. The maximum absolute atomic E-state index is 13.8. The van der Waals surface area contributed by atoms with Crippen molar-refractivity contribution < 1.29 is 40.6 Å². The molecular formula is C13H15F4NO5S. The molecule has 0 heterocycles. The average molecular weight is 373 g/mol. The molecule has 0 amide bonds. The Kier molecular flexibility index (Phi) is 6.17. The van der Waals surface area contributed by atoms with Crippen LogP contribution >= 0.6 is 0 Å². The summed E-state index contributed by atoms with van der Waals surface area (Å²) in [4.78, 5) is 9.71. The van der Waals surface area contributed by atoms with Gasteiger partial charge in [-0.1, -0.05) is 19.9 Å². The highest BCUT2D eigenvalue weighted by molar-refractivity contribution is 7.89. The molecule has 24 heavy (non-hydrogen) atoms. The number of hydrogen-bond donors (Lipinski definition) is 2. The minimum atomic E-state index is -5.25. The number of sulfonamides is 1. The van der Waals surface area contributed by atoms with Crippen LogP contribution in [0.2, 0.25) is 0 Å². The zero-order valence-electron chi connectivity index (χ0n) is 12.6. The molecule has 0 aliphatic carbocycles. The van der Waals surface area contributed by atoms with Crippen molar-refractivity contribution in [3.05, 3.63) is 24.0 Å². The first-order chi connectivity index (χ1) is 10.8. The number of halogens is 4. The van der Waals surface area contributed by atoms with Crippen LogP contribution in [0.5, 0.6) is 5.75 Å². The molecule has 6 nitrogen and oxygen atoms in total. The third kappa shape index (κ3) is 5.64. The van der Waals surface area contributed by atoms with E-state index in [2.05, 4.69) is 4.74 Å². The van der Waals surface area contributed by atoms with Gasteiger partial charge in [-0.3, -0.25) is 4.79 Å². The van der Waals surface area contributed by atoms with Gasteiger partial charge in [0.25, 0.3) is 0 Å². The number of aliphatic carboxylic acids is 1. The van der Waals surface area contributed by atoms with Gasteiger partial charge in [0.2, 0.25) is 10.0 Å². The Morgan fingerprint density at radius 3 is 2.38 bits per heavy atom. The second-order valence-corrected chi connectivity index (χ2v) is 6.91. The molecule has 2 N–H and O–H groups in total. The van der Waals surface area contributed by atoms with Crippen LogP contribution in [0.25, 0.3) is 0 Å². The molecule has 1 unspecified atom stereocenters. The first-order valence-electron chi connectivity index (χ1n) is 6.63. The quantitative estimate of drug-likeness (QED) is 0.717. The Morgan fingerprint density at radius 1 is 1.33 bits per heavy atom. The fourth-order valence-electron chi connectivity index (χ4n) is 1.87. The highest BCUT2D eigenvalue weighted by Gasteiger charge is 2.36. The normalized spacial score (nSPS) is 13.8. The molecule has 0 saturated carbocycles. The summed E-state index contributed by atoms with van der Waals surface area (Å²) in [5.74, 6) is -4.57. The van der Waals surface area contributed by atoms with Crippen molar-refractivity contribution >= 4 is 16.0 Å². The lowest BCUT2D eigenvalue weighted by Crippen LogP contribution is -2.42. The van der Waals surface area contributed by atoms with Gasteiger partial charge in [0, 0.05) is 0 Å². The maximum atomic E-state index is 13.8. The van der Waals surface area contributed by atoms with E-state index in [9.17, 15) is 30.8 Å². The molecule has 0 aromatic heterocycles. The van der Waals surface area contributed by atoms with Crippen LogP contribution in [0.4, 0.5) is 17.6 Å². The van der Waals surface area contributed by atoms with Crippen LogP contribution < -0.4 is 9.46 Å². The molecule has 1 aromatic rings. The van der Waals surface area contributed by atoms with Crippen molar-refractivity contribution in [2.24, 2.45) is 5.92 Å². The van der Waals surface area contributed by atoms with Crippen molar-refractivity contribution in [2.75, 3.05) is 0 Å². The molecule has 1 aromatic carbocycles. The lowest BCUT2D eigenvalue weighted by molar-refractivity contribution is -0.275. The first-order valence-corrected chi connectivity index (χ1v) is 8.11. The highest BCUT2D eigenvalue weighted by Crippen LogP contribution is 2.31. The number of alkyl halides is 3. The van der Waals surface area contributed by atoms with Crippen LogP contribution in [0, 0.1) is 11.7 Å². The molecular weight excluding hydrogens is 358 g/mol. The Balaban J connectivity index is 3.29. The summed E-state index contributed by atoms with van der Waals surface area (Å²) in [6, 6.07) is 0.436. The van der Waals surface area contributed by atoms with E-state index in [-0.39, 0.29) is 12.3 Å². The van der Waals surface area contributed by atoms with Crippen LogP contribution in [-0.2, 0) is 14.8 Å². The highest BCUT2D eigenvalue weighted by atomic mass is 32.2. The predicted molar refractivity (Wildman–Crippen MR) is 74.3 cm³/mol. The van der Waals surface area contributed by atoms with Crippen LogP contribution in [0.1, 0.15) is 20.3 Å². The molecule has 1 atom stereocenters. The standard InChI is InChI=1S/C13H15F4NO5S/c1-7(2)6-9(12(19)20)18-24(21,22)11-8(14)4-3-5-10(11)23-13(15,16)17/h3-5,7,9,18H,6H2,1-2H3,(H,19,20). The van der Waals surface area contributed by atoms with Crippen molar-refractivity contribution in [3.63, 3.8) is 0 Å². The molecule has 136 valence electrons. The first kappa shape index (κ1) is 20.2. The number of benzene rings is 1. The molecule has 0 saturated heterocycles. The summed E-state index contributed by atoms with van der Waals surface area (Å²) in [5.41, 5.74) is 0.